The van der Waals surface area contributed by atoms with Crippen LogP contribution in [0.3, 0.4) is 0 Å². The third-order valence-corrected chi connectivity index (χ3v) is 3.47. The lowest BCUT2D eigenvalue weighted by atomic mass is 10.0. The van der Waals surface area contributed by atoms with E-state index in [1.807, 2.05) is 24.3 Å². The molecule has 0 radical (unpaired) electrons. The van der Waals surface area contributed by atoms with E-state index in [2.05, 4.69) is 15.6 Å². The van der Waals surface area contributed by atoms with Gasteiger partial charge in [0.25, 0.3) is 0 Å². The summed E-state index contributed by atoms with van der Waals surface area (Å²) in [7, 11) is 1.67. The molecule has 0 heterocycles. The fraction of sp³-hybridized carbons (Fsp3) is 0.333. The molecular weight excluding hydrogens is 306 g/mol. The van der Waals surface area contributed by atoms with Crippen LogP contribution >= 0.6 is 0 Å². The number of carbonyl (C=O) groups excluding carboxylic acids is 1. The summed E-state index contributed by atoms with van der Waals surface area (Å²) in [6.45, 7) is 3.51. The average molecular weight is 329 g/mol. The maximum absolute atomic E-state index is 11.8. The van der Waals surface area contributed by atoms with Gasteiger partial charge in [0.05, 0.1) is 30.3 Å². The van der Waals surface area contributed by atoms with E-state index in [1.165, 1.54) is 6.08 Å². The van der Waals surface area contributed by atoms with Crippen molar-refractivity contribution in [2.24, 2.45) is 4.99 Å². The number of aliphatic hydroxyl groups excluding tert-OH is 1. The number of nitrogens with one attached hydrogen (secondary N) is 2. The molecule has 3 N–H and O–H groups in total. The fourth-order valence-corrected chi connectivity index (χ4v) is 2.19. The predicted octanol–water partition coefficient (Wildman–Crippen LogP) is 1.81. The molecule has 0 fully saturated rings. The van der Waals surface area contributed by atoms with Gasteiger partial charge in [0.2, 0.25) is 0 Å². The average Bonchev–Trinajstić information content (AvgIpc) is 2.58. The van der Waals surface area contributed by atoms with Gasteiger partial charge in [-0.3, -0.25) is 4.79 Å². The number of ketones is 1. The third-order valence-electron chi connectivity index (χ3n) is 3.47. The van der Waals surface area contributed by atoms with Crippen LogP contribution < -0.4 is 10.6 Å². The van der Waals surface area contributed by atoms with Crippen LogP contribution in [0.4, 0.5) is 11.4 Å². The van der Waals surface area contributed by atoms with Crippen molar-refractivity contribution in [1.82, 2.24) is 5.32 Å². The summed E-state index contributed by atoms with van der Waals surface area (Å²) >= 11 is 0. The summed E-state index contributed by atoms with van der Waals surface area (Å²) in [6.07, 6.45) is 3.28. The van der Waals surface area contributed by atoms with E-state index >= 15 is 0 Å². The van der Waals surface area contributed by atoms with Crippen molar-refractivity contribution in [2.45, 2.75) is 6.92 Å². The number of rotatable bonds is 8. The number of anilines is 1. The molecule has 1 aromatic rings. The molecule has 2 rings (SSSR count). The van der Waals surface area contributed by atoms with Crippen LogP contribution in [-0.2, 0) is 9.53 Å². The Morgan fingerprint density at radius 3 is 2.54 bits per heavy atom. The zero-order valence-electron chi connectivity index (χ0n) is 14.0. The van der Waals surface area contributed by atoms with Gasteiger partial charge < -0.3 is 20.5 Å². The van der Waals surface area contributed by atoms with Gasteiger partial charge in [0.15, 0.2) is 5.78 Å². The lowest BCUT2D eigenvalue weighted by molar-refractivity contribution is -0.111. The van der Waals surface area contributed by atoms with E-state index in [4.69, 9.17) is 9.84 Å². The monoisotopic (exact) mass is 329 g/mol. The number of hydrogen-bond acceptors (Lipinski definition) is 6. The molecule has 1 aromatic carbocycles. The SMILES string of the molecule is COCCNc1ccc(/N=C2\C=C(C)C(=O)C=C2NCCO)cc1. The summed E-state index contributed by atoms with van der Waals surface area (Å²) < 4.78 is 5.00. The predicted molar refractivity (Wildman–Crippen MR) is 95.8 cm³/mol. The zero-order chi connectivity index (χ0) is 17.4. The van der Waals surface area contributed by atoms with Crippen LogP contribution in [0.2, 0.25) is 0 Å². The summed E-state index contributed by atoms with van der Waals surface area (Å²) in [5, 5.41) is 15.2. The molecular formula is C18H23N3O3. The van der Waals surface area contributed by atoms with Crippen molar-refractivity contribution >= 4 is 22.9 Å². The summed E-state index contributed by atoms with van der Waals surface area (Å²) in [5.41, 5.74) is 3.73. The Hall–Kier alpha value is -2.44. The van der Waals surface area contributed by atoms with Crippen LogP contribution in [-0.4, -0.2) is 50.0 Å². The first-order valence-corrected chi connectivity index (χ1v) is 7.85. The molecule has 6 heteroatoms. The number of aliphatic imine (C=N–C) groups is 1. The van der Waals surface area contributed by atoms with Crippen molar-refractivity contribution < 1.29 is 14.6 Å². The lowest BCUT2D eigenvalue weighted by Gasteiger charge is -2.15. The molecule has 0 spiro atoms. The maximum atomic E-state index is 11.8. The Kier molecular flexibility index (Phi) is 6.72. The number of methoxy groups -OCH3 is 1. The maximum Gasteiger partial charge on any atom is 0.183 e. The number of carbonyl (C=O) groups is 1. The highest BCUT2D eigenvalue weighted by molar-refractivity contribution is 6.22. The highest BCUT2D eigenvalue weighted by Gasteiger charge is 2.15. The second kappa shape index (κ2) is 9.00. The first-order valence-electron chi connectivity index (χ1n) is 7.85. The highest BCUT2D eigenvalue weighted by atomic mass is 16.5. The molecule has 0 saturated carbocycles. The van der Waals surface area contributed by atoms with Gasteiger partial charge in [-0.25, -0.2) is 4.99 Å². The molecule has 0 atom stereocenters. The van der Waals surface area contributed by atoms with Gasteiger partial charge in [-0.1, -0.05) is 0 Å². The minimum Gasteiger partial charge on any atom is -0.395 e. The van der Waals surface area contributed by atoms with E-state index < -0.39 is 0 Å². The zero-order valence-corrected chi connectivity index (χ0v) is 14.0. The number of ether oxygens (including phenoxy) is 1. The minimum atomic E-state index is -0.0490. The van der Waals surface area contributed by atoms with Crippen LogP contribution in [0.5, 0.6) is 0 Å². The van der Waals surface area contributed by atoms with Gasteiger partial charge in [-0.2, -0.15) is 0 Å². The molecule has 0 unspecified atom stereocenters. The Bertz CT molecular complexity index is 661. The van der Waals surface area contributed by atoms with Crippen LogP contribution in [0.1, 0.15) is 6.92 Å². The molecule has 24 heavy (non-hydrogen) atoms. The van der Waals surface area contributed by atoms with Gasteiger partial charge in [-0.15, -0.1) is 0 Å². The molecule has 1 aliphatic carbocycles. The summed E-state index contributed by atoms with van der Waals surface area (Å²) in [6, 6.07) is 7.71. The fourth-order valence-electron chi connectivity index (χ4n) is 2.19. The van der Waals surface area contributed by atoms with Crippen molar-refractivity contribution in [3.05, 3.63) is 47.7 Å². The number of nitrogens with zero attached hydrogens (tertiary/aromatic N) is 1. The van der Waals surface area contributed by atoms with Gasteiger partial charge in [0, 0.05) is 32.0 Å². The van der Waals surface area contributed by atoms with Crippen molar-refractivity contribution in [2.75, 3.05) is 38.7 Å². The molecule has 0 aliphatic heterocycles. The van der Waals surface area contributed by atoms with Crippen LogP contribution in [0, 0.1) is 0 Å². The molecule has 6 nitrogen and oxygen atoms in total. The number of aliphatic hydroxyl groups is 1. The van der Waals surface area contributed by atoms with Gasteiger partial charge in [-0.05, 0) is 42.8 Å². The molecule has 0 amide bonds. The van der Waals surface area contributed by atoms with Gasteiger partial charge in [0.1, 0.15) is 0 Å². The molecule has 128 valence electrons. The smallest absolute Gasteiger partial charge is 0.183 e. The standard InChI is InChI=1S/C18H23N3O3/c1-13-11-17(16(12-18(13)23)20-7-9-22)21-15-5-3-14(4-6-15)19-8-10-24-2/h3-6,11-12,19-20,22H,7-10H2,1-2H3/b21-17+. The first kappa shape index (κ1) is 17.9. The number of allylic oxidation sites excluding steroid dienone is 3. The number of hydrogen-bond donors (Lipinski definition) is 3. The van der Waals surface area contributed by atoms with Crippen LogP contribution in [0.15, 0.2) is 52.7 Å². The lowest BCUT2D eigenvalue weighted by Crippen LogP contribution is -2.26. The topological polar surface area (TPSA) is 83.0 Å². The summed E-state index contributed by atoms with van der Waals surface area (Å²) in [4.78, 5) is 16.4. The summed E-state index contributed by atoms with van der Waals surface area (Å²) in [5.74, 6) is -0.0490. The molecule has 1 aliphatic rings. The van der Waals surface area contributed by atoms with E-state index in [1.54, 1.807) is 20.1 Å². The minimum absolute atomic E-state index is 0.0106. The van der Waals surface area contributed by atoms with E-state index in [0.29, 0.717) is 30.1 Å². The normalized spacial score (nSPS) is 16.0. The van der Waals surface area contributed by atoms with Crippen LogP contribution in [0.25, 0.3) is 0 Å². The van der Waals surface area contributed by atoms with E-state index in [-0.39, 0.29) is 12.4 Å². The van der Waals surface area contributed by atoms with Crippen molar-refractivity contribution in [3.63, 3.8) is 0 Å². The third kappa shape index (κ3) is 5.04. The van der Waals surface area contributed by atoms with Crippen molar-refractivity contribution in [1.29, 1.82) is 0 Å². The second-order valence-electron chi connectivity index (χ2n) is 5.36. The highest BCUT2D eigenvalue weighted by Crippen LogP contribution is 2.20. The Balaban J connectivity index is 2.14. The second-order valence-corrected chi connectivity index (χ2v) is 5.36. The first-order chi connectivity index (χ1) is 11.6. The number of benzene rings is 1. The molecule has 0 bridgehead atoms. The van der Waals surface area contributed by atoms with E-state index in [9.17, 15) is 4.79 Å². The quantitative estimate of drug-likeness (QED) is 0.500. The van der Waals surface area contributed by atoms with E-state index in [0.717, 1.165) is 17.9 Å². The van der Waals surface area contributed by atoms with Gasteiger partial charge >= 0.3 is 0 Å². The van der Waals surface area contributed by atoms with Crippen molar-refractivity contribution in [3.8, 4) is 0 Å². The molecule has 0 aromatic heterocycles. The Morgan fingerprint density at radius 1 is 1.12 bits per heavy atom. The Morgan fingerprint density at radius 2 is 1.88 bits per heavy atom. The Labute approximate surface area is 141 Å². The largest absolute Gasteiger partial charge is 0.395 e. The molecule has 0 saturated heterocycles.